The van der Waals surface area contributed by atoms with E-state index in [-0.39, 0.29) is 5.46 Å². The predicted octanol–water partition coefficient (Wildman–Crippen LogP) is 0.543. The first-order chi connectivity index (χ1) is 7.05. The molecule has 1 aromatic heterocycles. The first-order valence-corrected chi connectivity index (χ1v) is 4.85. The van der Waals surface area contributed by atoms with Gasteiger partial charge >= 0.3 is 0 Å². The van der Waals surface area contributed by atoms with Gasteiger partial charge in [0.1, 0.15) is 13.7 Å². The van der Waals surface area contributed by atoms with E-state index >= 15 is 0 Å². The van der Waals surface area contributed by atoms with Crippen LogP contribution in [0.25, 0.3) is 0 Å². The van der Waals surface area contributed by atoms with Gasteiger partial charge in [0, 0.05) is 6.20 Å². The number of pyridine rings is 1. The highest BCUT2D eigenvalue weighted by atomic mass is 19.1. The van der Waals surface area contributed by atoms with Crippen molar-refractivity contribution < 1.29 is 14.6 Å². The van der Waals surface area contributed by atoms with Crippen molar-refractivity contribution in [3.05, 3.63) is 24.3 Å². The molecule has 1 heterocycles. The molecule has 0 saturated carbocycles. The number of aliphatic hydroxyl groups is 2. The Morgan fingerprint density at radius 2 is 1.62 bits per heavy atom. The Balaban J connectivity index is 0.000000281. The fourth-order valence-corrected chi connectivity index (χ4v) is 0.386. The molecule has 0 saturated heterocycles. The highest BCUT2D eigenvalue weighted by molar-refractivity contribution is 6.32. The van der Waals surface area contributed by atoms with Gasteiger partial charge in [-0.25, -0.2) is 4.39 Å². The quantitative estimate of drug-likeness (QED) is 0.686. The smallest absolute Gasteiger partial charge is 0.134 e. The lowest BCUT2D eigenvalue weighted by atomic mass is 9.90. The zero-order valence-corrected chi connectivity index (χ0v) is 10.0. The number of hydrogen-bond donors (Lipinski definition) is 2. The number of hydrogen-bond acceptors (Lipinski definition) is 3. The van der Waals surface area contributed by atoms with E-state index in [4.69, 9.17) is 18.1 Å². The first kappa shape index (κ1) is 15.1. The van der Waals surface area contributed by atoms with Crippen LogP contribution in [0, 0.1) is 5.82 Å². The molecule has 0 aliphatic heterocycles. The van der Waals surface area contributed by atoms with Crippen molar-refractivity contribution in [2.75, 3.05) is 0 Å². The van der Waals surface area contributed by atoms with Gasteiger partial charge in [0.15, 0.2) is 0 Å². The molecule has 0 aliphatic rings. The van der Waals surface area contributed by atoms with Crippen molar-refractivity contribution in [1.82, 2.24) is 4.98 Å². The third-order valence-corrected chi connectivity index (χ3v) is 2.30. The van der Waals surface area contributed by atoms with Crippen molar-refractivity contribution in [2.24, 2.45) is 0 Å². The molecule has 2 N–H and O–H groups in total. The van der Waals surface area contributed by atoms with Crippen LogP contribution in [0.5, 0.6) is 0 Å². The van der Waals surface area contributed by atoms with E-state index in [1.54, 1.807) is 27.7 Å². The molecule has 0 spiro atoms. The van der Waals surface area contributed by atoms with Crippen LogP contribution >= 0.6 is 0 Å². The molecule has 0 amide bonds. The van der Waals surface area contributed by atoms with E-state index in [1.807, 2.05) is 0 Å². The van der Waals surface area contributed by atoms with E-state index in [1.165, 1.54) is 12.3 Å². The van der Waals surface area contributed by atoms with Gasteiger partial charge in [-0.1, -0.05) is 5.46 Å². The second-order valence-corrected chi connectivity index (χ2v) is 4.52. The monoisotopic (exact) mass is 225 g/mol. The van der Waals surface area contributed by atoms with Gasteiger partial charge in [0.05, 0.1) is 17.4 Å². The largest absolute Gasteiger partial charge is 0.387 e. The summed E-state index contributed by atoms with van der Waals surface area (Å²) >= 11 is 0. The molecule has 0 aromatic carbocycles. The summed E-state index contributed by atoms with van der Waals surface area (Å²) in [7, 11) is 5.10. The van der Waals surface area contributed by atoms with Gasteiger partial charge < -0.3 is 10.2 Å². The van der Waals surface area contributed by atoms with Gasteiger partial charge in [-0.15, -0.1) is 0 Å². The summed E-state index contributed by atoms with van der Waals surface area (Å²) in [5, 5.41) is 18.2. The maximum absolute atomic E-state index is 12.1. The van der Waals surface area contributed by atoms with Crippen LogP contribution in [0.3, 0.4) is 0 Å². The molecule has 88 valence electrons. The minimum absolute atomic E-state index is 0.139. The second kappa shape index (κ2) is 5.41. The topological polar surface area (TPSA) is 53.4 Å². The molecule has 0 unspecified atom stereocenters. The summed E-state index contributed by atoms with van der Waals surface area (Å²) in [5.41, 5.74) is -1.87. The Kier molecular flexibility index (Phi) is 5.09. The zero-order chi connectivity index (χ0) is 13.0. The first-order valence-electron chi connectivity index (χ1n) is 4.85. The van der Waals surface area contributed by atoms with E-state index in [0.717, 1.165) is 6.20 Å². The van der Waals surface area contributed by atoms with Crippen LogP contribution in [0.1, 0.15) is 27.7 Å². The van der Waals surface area contributed by atoms with E-state index in [2.05, 4.69) is 4.98 Å². The third kappa shape index (κ3) is 5.23. The molecule has 0 atom stereocenters. The Morgan fingerprint density at radius 3 is 1.81 bits per heavy atom. The van der Waals surface area contributed by atoms with Crippen LogP contribution in [0.15, 0.2) is 18.5 Å². The van der Waals surface area contributed by atoms with Crippen LogP contribution in [-0.4, -0.2) is 34.2 Å². The summed E-state index contributed by atoms with van der Waals surface area (Å²) in [4.78, 5) is 3.49. The molecule has 1 rings (SSSR count). The van der Waals surface area contributed by atoms with Gasteiger partial charge in [-0.2, -0.15) is 0 Å². The maximum atomic E-state index is 12.1. The predicted molar refractivity (Wildman–Crippen MR) is 62.2 cm³/mol. The van der Waals surface area contributed by atoms with Crippen molar-refractivity contribution in [1.29, 1.82) is 0 Å². The Labute approximate surface area is 96.8 Å². The molecule has 0 aliphatic carbocycles. The van der Waals surface area contributed by atoms with Crippen LogP contribution in [-0.2, 0) is 0 Å². The fourth-order valence-electron chi connectivity index (χ4n) is 0.386. The number of rotatable bonds is 1. The van der Waals surface area contributed by atoms with Crippen molar-refractivity contribution >= 4 is 13.3 Å². The average molecular weight is 225 g/mol. The molecule has 1 aromatic rings. The van der Waals surface area contributed by atoms with Crippen LogP contribution in [0.2, 0.25) is 0 Å². The Morgan fingerprint density at radius 1 is 1.19 bits per heavy atom. The van der Waals surface area contributed by atoms with Gasteiger partial charge in [0.2, 0.25) is 0 Å². The minimum atomic E-state index is -1.01. The standard InChI is InChI=1S/C6H14O2.C5H3BFN/c1-5(2,7)6(3,4)8;6-4-1-2-8-3-5(4)7/h7-8H,1-4H3;1-3H. The normalized spacial score (nSPS) is 11.7. The van der Waals surface area contributed by atoms with E-state index < -0.39 is 17.0 Å². The minimum Gasteiger partial charge on any atom is -0.387 e. The lowest BCUT2D eigenvalue weighted by Gasteiger charge is -2.31. The van der Waals surface area contributed by atoms with Crippen LogP contribution < -0.4 is 5.46 Å². The van der Waals surface area contributed by atoms with E-state index in [0.29, 0.717) is 0 Å². The summed E-state index contributed by atoms with van der Waals surface area (Å²) < 4.78 is 12.1. The van der Waals surface area contributed by atoms with Gasteiger partial charge in [-0.05, 0) is 33.8 Å². The maximum Gasteiger partial charge on any atom is 0.134 e. The Hall–Kier alpha value is -0.935. The fraction of sp³-hybridized carbons (Fsp3) is 0.545. The second-order valence-electron chi connectivity index (χ2n) is 4.52. The molecule has 16 heavy (non-hydrogen) atoms. The molecule has 5 heteroatoms. The average Bonchev–Trinajstić information content (AvgIpc) is 2.08. The molecule has 0 fully saturated rings. The summed E-state index contributed by atoms with van der Waals surface area (Å²) in [6.45, 7) is 6.31. The molecule has 0 bridgehead atoms. The summed E-state index contributed by atoms with van der Waals surface area (Å²) in [5.74, 6) is -0.465. The lowest BCUT2D eigenvalue weighted by molar-refractivity contribution is -0.107. The number of nitrogens with zero attached hydrogens (tertiary/aromatic N) is 1. The highest BCUT2D eigenvalue weighted by Gasteiger charge is 2.31. The van der Waals surface area contributed by atoms with Crippen LogP contribution in [0.4, 0.5) is 4.39 Å². The highest BCUT2D eigenvalue weighted by Crippen LogP contribution is 2.19. The van der Waals surface area contributed by atoms with Gasteiger partial charge in [-0.3, -0.25) is 4.98 Å². The SMILES string of the molecule is CC(C)(O)C(C)(C)O.[B]c1ccncc1F. The summed E-state index contributed by atoms with van der Waals surface area (Å²) in [6.07, 6.45) is 2.52. The van der Waals surface area contributed by atoms with E-state index in [9.17, 15) is 4.39 Å². The Bertz CT molecular complexity index is 298. The van der Waals surface area contributed by atoms with Crippen molar-refractivity contribution in [3.63, 3.8) is 0 Å². The molecule has 2 radical (unpaired) electrons. The molecule has 3 nitrogen and oxygen atoms in total. The number of halogens is 1. The third-order valence-electron chi connectivity index (χ3n) is 2.30. The summed E-state index contributed by atoms with van der Waals surface area (Å²) in [6, 6.07) is 1.41. The molecular weight excluding hydrogens is 208 g/mol. The van der Waals surface area contributed by atoms with Crippen molar-refractivity contribution in [3.8, 4) is 0 Å². The van der Waals surface area contributed by atoms with Crippen molar-refractivity contribution in [2.45, 2.75) is 38.9 Å². The molecular formula is C11H17BFNO2. The lowest BCUT2D eigenvalue weighted by Crippen LogP contribution is -2.44. The number of aromatic nitrogens is 1. The zero-order valence-electron chi connectivity index (χ0n) is 10.0. The van der Waals surface area contributed by atoms with Gasteiger partial charge in [0.25, 0.3) is 0 Å².